The van der Waals surface area contributed by atoms with Crippen LogP contribution in [0.25, 0.3) is 0 Å². The second-order valence-electron chi connectivity index (χ2n) is 4.20. The number of urea groups is 1. The molecule has 8 nitrogen and oxygen atoms in total. The third-order valence-electron chi connectivity index (χ3n) is 2.45. The van der Waals surface area contributed by atoms with Crippen molar-refractivity contribution in [3.05, 3.63) is 0 Å². The minimum Gasteiger partial charge on any atom is -0.480 e. The van der Waals surface area contributed by atoms with Gasteiger partial charge < -0.3 is 26.2 Å². The summed E-state index contributed by atoms with van der Waals surface area (Å²) in [5.41, 5.74) is 0. The number of carboxylic acid groups (broad SMARTS) is 1. The molecule has 0 aromatic carbocycles. The Hall–Kier alpha value is -1.83. The number of carbonyl (C=O) groups excluding carboxylic acids is 2. The highest BCUT2D eigenvalue weighted by Gasteiger charge is 2.27. The summed E-state index contributed by atoms with van der Waals surface area (Å²) in [6.07, 6.45) is 1.88. The Morgan fingerprint density at radius 1 is 1.28 bits per heavy atom. The molecule has 0 heterocycles. The van der Waals surface area contributed by atoms with Crippen LogP contribution in [0.1, 0.15) is 19.8 Å². The molecule has 1 aliphatic carbocycles. The maximum atomic E-state index is 11.5. The van der Waals surface area contributed by atoms with E-state index >= 15 is 0 Å². The molecule has 5 N–H and O–H groups in total. The van der Waals surface area contributed by atoms with E-state index in [1.807, 2.05) is 5.32 Å². The van der Waals surface area contributed by atoms with E-state index in [4.69, 9.17) is 10.2 Å². The van der Waals surface area contributed by atoms with Crippen LogP contribution in [0.3, 0.4) is 0 Å². The van der Waals surface area contributed by atoms with Crippen molar-refractivity contribution < 1.29 is 24.6 Å². The van der Waals surface area contributed by atoms with E-state index in [0.29, 0.717) is 0 Å². The van der Waals surface area contributed by atoms with Crippen molar-refractivity contribution in [2.75, 3.05) is 6.61 Å². The highest BCUT2D eigenvalue weighted by atomic mass is 16.4. The number of rotatable bonds is 6. The number of hydrogen-bond acceptors (Lipinski definition) is 4. The van der Waals surface area contributed by atoms with Crippen LogP contribution >= 0.6 is 0 Å². The van der Waals surface area contributed by atoms with E-state index in [0.717, 1.165) is 12.8 Å². The zero-order valence-corrected chi connectivity index (χ0v) is 9.97. The van der Waals surface area contributed by atoms with Crippen molar-refractivity contribution in [2.24, 2.45) is 0 Å². The minimum absolute atomic E-state index is 0.189. The third-order valence-corrected chi connectivity index (χ3v) is 2.45. The first-order chi connectivity index (χ1) is 8.43. The van der Waals surface area contributed by atoms with E-state index in [9.17, 15) is 14.4 Å². The van der Waals surface area contributed by atoms with Gasteiger partial charge >= 0.3 is 12.0 Å². The number of hydrogen-bond donors (Lipinski definition) is 5. The summed E-state index contributed by atoms with van der Waals surface area (Å²) in [6, 6.07) is -2.77. The largest absolute Gasteiger partial charge is 0.480 e. The van der Waals surface area contributed by atoms with Crippen LogP contribution in [0.15, 0.2) is 0 Å². The van der Waals surface area contributed by atoms with Gasteiger partial charge in [0.2, 0.25) is 5.91 Å². The van der Waals surface area contributed by atoms with Gasteiger partial charge in [-0.05, 0) is 19.8 Å². The number of nitrogens with one attached hydrogen (secondary N) is 3. The molecule has 2 atom stereocenters. The molecule has 1 rings (SSSR count). The van der Waals surface area contributed by atoms with Crippen LogP contribution < -0.4 is 16.0 Å². The van der Waals surface area contributed by atoms with Gasteiger partial charge in [-0.25, -0.2) is 9.59 Å². The van der Waals surface area contributed by atoms with Crippen molar-refractivity contribution in [1.82, 2.24) is 16.0 Å². The highest BCUT2D eigenvalue weighted by molar-refractivity contribution is 5.88. The molecule has 0 aromatic heterocycles. The average molecular weight is 259 g/mol. The van der Waals surface area contributed by atoms with Crippen LogP contribution in [-0.2, 0) is 9.59 Å². The summed E-state index contributed by atoms with van der Waals surface area (Å²) in [5.74, 6) is -1.66. The van der Waals surface area contributed by atoms with E-state index in [2.05, 4.69) is 10.6 Å². The summed E-state index contributed by atoms with van der Waals surface area (Å²) in [5, 5.41) is 24.4. The lowest BCUT2D eigenvalue weighted by atomic mass is 10.3. The Kier molecular flexibility index (Phi) is 4.90. The Morgan fingerprint density at radius 3 is 2.33 bits per heavy atom. The van der Waals surface area contributed by atoms with Crippen molar-refractivity contribution in [3.63, 3.8) is 0 Å². The lowest BCUT2D eigenvalue weighted by molar-refractivity contribution is -0.140. The monoisotopic (exact) mass is 259 g/mol. The molecule has 0 spiro atoms. The molecule has 18 heavy (non-hydrogen) atoms. The third kappa shape index (κ3) is 4.58. The molecule has 3 amide bonds. The molecular weight excluding hydrogens is 242 g/mol. The summed E-state index contributed by atoms with van der Waals surface area (Å²) in [4.78, 5) is 33.4. The van der Waals surface area contributed by atoms with Gasteiger partial charge in [0.25, 0.3) is 0 Å². The molecule has 0 aliphatic heterocycles. The molecule has 0 aromatic rings. The smallest absolute Gasteiger partial charge is 0.328 e. The molecule has 102 valence electrons. The minimum atomic E-state index is -1.39. The predicted octanol–water partition coefficient (Wildman–Crippen LogP) is -1.60. The molecule has 2 unspecified atom stereocenters. The lowest BCUT2D eigenvalue weighted by Crippen LogP contribution is -2.53. The van der Waals surface area contributed by atoms with E-state index in [1.54, 1.807) is 0 Å². The van der Waals surface area contributed by atoms with Crippen molar-refractivity contribution in [2.45, 2.75) is 37.9 Å². The Morgan fingerprint density at radius 2 is 1.89 bits per heavy atom. The first-order valence-electron chi connectivity index (χ1n) is 5.65. The molecule has 1 fully saturated rings. The van der Waals surface area contributed by atoms with Crippen LogP contribution in [-0.4, -0.2) is 52.9 Å². The first-order valence-corrected chi connectivity index (χ1v) is 5.65. The quantitative estimate of drug-likeness (QED) is 0.392. The number of aliphatic hydroxyl groups excluding tert-OH is 1. The van der Waals surface area contributed by atoms with Gasteiger partial charge in [-0.15, -0.1) is 0 Å². The standard InChI is InChI=1S/C10H17N3O5/c1-5(8(15)12-6-2-3-6)11-10(18)13-7(4-14)9(16)17/h5-7,14H,2-4H2,1H3,(H,12,15)(H,16,17)(H2,11,13,18). The summed E-state index contributed by atoms with van der Waals surface area (Å²) in [6.45, 7) is 0.775. The number of aliphatic carboxylic acids is 1. The molecule has 0 radical (unpaired) electrons. The predicted molar refractivity (Wildman–Crippen MR) is 60.8 cm³/mol. The fourth-order valence-corrected chi connectivity index (χ4v) is 1.20. The van der Waals surface area contributed by atoms with E-state index in [1.165, 1.54) is 6.92 Å². The van der Waals surface area contributed by atoms with Gasteiger partial charge in [0.15, 0.2) is 6.04 Å². The Labute approximate surface area is 104 Å². The number of amides is 3. The second-order valence-corrected chi connectivity index (χ2v) is 4.20. The van der Waals surface area contributed by atoms with Crippen molar-refractivity contribution in [3.8, 4) is 0 Å². The fraction of sp³-hybridized carbons (Fsp3) is 0.700. The molecule has 1 saturated carbocycles. The van der Waals surface area contributed by atoms with Gasteiger partial charge in [0.05, 0.1) is 6.61 Å². The molecule has 0 bridgehead atoms. The number of carboxylic acids is 1. The van der Waals surface area contributed by atoms with Crippen molar-refractivity contribution >= 4 is 17.9 Å². The topological polar surface area (TPSA) is 128 Å². The van der Waals surface area contributed by atoms with Crippen LogP contribution in [0.4, 0.5) is 4.79 Å². The van der Waals surface area contributed by atoms with Gasteiger partial charge in [0.1, 0.15) is 6.04 Å². The maximum Gasteiger partial charge on any atom is 0.328 e. The Bertz CT molecular complexity index is 342. The summed E-state index contributed by atoms with van der Waals surface area (Å²) < 4.78 is 0. The van der Waals surface area contributed by atoms with Gasteiger partial charge in [-0.1, -0.05) is 0 Å². The Balaban J connectivity index is 2.33. The molecular formula is C10H17N3O5. The molecule has 0 saturated heterocycles. The summed E-state index contributed by atoms with van der Waals surface area (Å²) in [7, 11) is 0. The number of aliphatic hydroxyl groups is 1. The average Bonchev–Trinajstić information content (AvgIpc) is 3.09. The lowest BCUT2D eigenvalue weighted by Gasteiger charge is -2.16. The van der Waals surface area contributed by atoms with Crippen LogP contribution in [0.2, 0.25) is 0 Å². The van der Waals surface area contributed by atoms with Crippen LogP contribution in [0.5, 0.6) is 0 Å². The summed E-state index contributed by atoms with van der Waals surface area (Å²) >= 11 is 0. The first kappa shape index (κ1) is 14.2. The van der Waals surface area contributed by atoms with Gasteiger partial charge in [0, 0.05) is 6.04 Å². The zero-order chi connectivity index (χ0) is 13.7. The molecule has 1 aliphatic rings. The van der Waals surface area contributed by atoms with Crippen LogP contribution in [0, 0.1) is 0 Å². The van der Waals surface area contributed by atoms with E-state index < -0.39 is 30.7 Å². The normalized spacial score (nSPS) is 17.4. The zero-order valence-electron chi connectivity index (χ0n) is 9.97. The maximum absolute atomic E-state index is 11.5. The second kappa shape index (κ2) is 6.20. The van der Waals surface area contributed by atoms with Gasteiger partial charge in [-0.2, -0.15) is 0 Å². The fourth-order valence-electron chi connectivity index (χ4n) is 1.20. The highest BCUT2D eigenvalue weighted by Crippen LogP contribution is 2.18. The SMILES string of the molecule is CC(NC(=O)NC(CO)C(=O)O)C(=O)NC1CC1. The van der Waals surface area contributed by atoms with E-state index in [-0.39, 0.29) is 11.9 Å². The van der Waals surface area contributed by atoms with Crippen molar-refractivity contribution in [1.29, 1.82) is 0 Å². The van der Waals surface area contributed by atoms with Gasteiger partial charge in [-0.3, -0.25) is 4.79 Å². The number of carbonyl (C=O) groups is 3. The molecule has 8 heteroatoms.